The molecule has 2 rings (SSSR count). The largest absolute Gasteiger partial charge is 0.301 e. The van der Waals surface area contributed by atoms with Crippen molar-refractivity contribution in [2.45, 2.75) is 39.0 Å². The first-order valence-corrected chi connectivity index (χ1v) is 7.61. The lowest BCUT2D eigenvalue weighted by Crippen LogP contribution is -2.38. The van der Waals surface area contributed by atoms with Crippen LogP contribution < -0.4 is 0 Å². The molecule has 1 saturated heterocycles. The van der Waals surface area contributed by atoms with Crippen LogP contribution >= 0.6 is 0 Å². The second-order valence-corrected chi connectivity index (χ2v) is 6.44. The number of aromatic nitrogens is 2. The number of likely N-dealkylation sites (N-methyl/N-ethyl adjacent to an activating group) is 1. The average molecular weight is 294 g/mol. The summed E-state index contributed by atoms with van der Waals surface area (Å²) >= 11 is 0. The van der Waals surface area contributed by atoms with Gasteiger partial charge in [0, 0.05) is 51.0 Å². The molecular weight excluding hydrogens is 267 g/mol. The van der Waals surface area contributed by atoms with Crippen molar-refractivity contribution >= 4 is 0 Å². The van der Waals surface area contributed by atoms with Gasteiger partial charge in [0.05, 0.1) is 6.20 Å². The number of hydrogen-bond acceptors (Lipinski definition) is 3. The van der Waals surface area contributed by atoms with E-state index >= 15 is 0 Å². The fraction of sp³-hybridized carbons (Fsp3) is 0.688. The van der Waals surface area contributed by atoms with E-state index in [1.165, 1.54) is 5.57 Å². The van der Waals surface area contributed by atoms with Crippen molar-refractivity contribution < 1.29 is 4.39 Å². The van der Waals surface area contributed by atoms with Crippen LogP contribution in [0.1, 0.15) is 25.8 Å². The molecule has 4 nitrogen and oxygen atoms in total. The minimum Gasteiger partial charge on any atom is -0.301 e. The van der Waals surface area contributed by atoms with Crippen molar-refractivity contribution in [3.8, 4) is 0 Å². The van der Waals surface area contributed by atoms with Crippen molar-refractivity contribution in [1.82, 2.24) is 19.6 Å². The zero-order chi connectivity index (χ0) is 15.4. The van der Waals surface area contributed by atoms with Crippen LogP contribution in [0.15, 0.2) is 24.0 Å². The third-order valence-electron chi connectivity index (χ3n) is 3.95. The third kappa shape index (κ3) is 4.93. The van der Waals surface area contributed by atoms with E-state index in [4.69, 9.17) is 0 Å². The van der Waals surface area contributed by atoms with Gasteiger partial charge in [-0.1, -0.05) is 11.6 Å². The van der Waals surface area contributed by atoms with Crippen molar-refractivity contribution in [3.05, 3.63) is 29.6 Å². The molecule has 0 amide bonds. The zero-order valence-corrected chi connectivity index (χ0v) is 13.6. The van der Waals surface area contributed by atoms with Crippen LogP contribution in [0.5, 0.6) is 0 Å². The van der Waals surface area contributed by atoms with Crippen LogP contribution in [0.25, 0.3) is 0 Å². The van der Waals surface area contributed by atoms with E-state index in [1.807, 2.05) is 19.4 Å². The Labute approximate surface area is 127 Å². The summed E-state index contributed by atoms with van der Waals surface area (Å²) in [7, 11) is 4.02. The van der Waals surface area contributed by atoms with Gasteiger partial charge in [0.15, 0.2) is 0 Å². The van der Waals surface area contributed by atoms with E-state index in [9.17, 15) is 4.39 Å². The Morgan fingerprint density at radius 2 is 2.29 bits per heavy atom. The summed E-state index contributed by atoms with van der Waals surface area (Å²) in [6.07, 6.45) is 6.03. The van der Waals surface area contributed by atoms with Crippen LogP contribution in [-0.4, -0.2) is 58.5 Å². The molecule has 118 valence electrons. The highest BCUT2D eigenvalue weighted by Crippen LogP contribution is 2.23. The van der Waals surface area contributed by atoms with Gasteiger partial charge in [-0.05, 0) is 27.3 Å². The summed E-state index contributed by atoms with van der Waals surface area (Å²) in [5.74, 6) is 0. The predicted molar refractivity (Wildman–Crippen MR) is 83.8 cm³/mol. The summed E-state index contributed by atoms with van der Waals surface area (Å²) in [5.41, 5.74) is 2.48. The maximum atomic E-state index is 13.8. The van der Waals surface area contributed by atoms with Crippen molar-refractivity contribution in [2.75, 3.05) is 26.7 Å². The maximum Gasteiger partial charge on any atom is 0.114 e. The van der Waals surface area contributed by atoms with Gasteiger partial charge in [-0.25, -0.2) is 4.39 Å². The molecule has 1 aromatic rings. The topological polar surface area (TPSA) is 24.3 Å². The number of nitrogens with zero attached hydrogens (tertiary/aromatic N) is 4. The van der Waals surface area contributed by atoms with E-state index in [2.05, 4.69) is 41.9 Å². The molecule has 0 radical (unpaired) electrons. The van der Waals surface area contributed by atoms with Crippen LogP contribution in [-0.2, 0) is 13.6 Å². The summed E-state index contributed by atoms with van der Waals surface area (Å²) in [4.78, 5) is 4.52. The molecule has 1 aromatic heterocycles. The van der Waals surface area contributed by atoms with E-state index in [0.29, 0.717) is 13.0 Å². The SMILES string of the molecule is CC(C)=CCN(C)C[C@@H]1C[C@H](F)CN1Cc1cnn(C)c1. The van der Waals surface area contributed by atoms with Crippen molar-refractivity contribution in [1.29, 1.82) is 0 Å². The number of aryl methyl sites for hydroxylation is 1. The summed E-state index contributed by atoms with van der Waals surface area (Å²) in [6.45, 7) is 7.37. The minimum atomic E-state index is -0.705. The fourth-order valence-corrected chi connectivity index (χ4v) is 2.87. The Balaban J connectivity index is 1.91. The number of rotatable bonds is 6. The average Bonchev–Trinajstić information content (AvgIpc) is 2.94. The molecule has 0 saturated carbocycles. The maximum absolute atomic E-state index is 13.8. The van der Waals surface area contributed by atoms with Crippen molar-refractivity contribution in [3.63, 3.8) is 0 Å². The van der Waals surface area contributed by atoms with Gasteiger partial charge in [-0.3, -0.25) is 9.58 Å². The Kier molecular flexibility index (Phi) is 5.53. The standard InChI is InChI=1S/C16H27FN4/c1-13(2)5-6-19(3)12-16-7-15(17)11-21(16)10-14-8-18-20(4)9-14/h5,8-9,15-16H,6-7,10-12H2,1-4H3/t15-,16-/m0/s1. The van der Waals surface area contributed by atoms with Crippen LogP contribution in [0, 0.1) is 0 Å². The molecule has 0 spiro atoms. The number of likely N-dealkylation sites (tertiary alicyclic amines) is 1. The molecule has 0 aromatic carbocycles. The molecular formula is C16H27FN4. The molecule has 21 heavy (non-hydrogen) atoms. The summed E-state index contributed by atoms with van der Waals surface area (Å²) < 4.78 is 15.6. The Bertz CT molecular complexity index is 478. The van der Waals surface area contributed by atoms with Crippen LogP contribution in [0.3, 0.4) is 0 Å². The van der Waals surface area contributed by atoms with Gasteiger partial charge in [0.2, 0.25) is 0 Å². The predicted octanol–water partition coefficient (Wildman–Crippen LogP) is 2.23. The Hall–Kier alpha value is -1.20. The minimum absolute atomic E-state index is 0.288. The highest BCUT2D eigenvalue weighted by molar-refractivity contribution is 5.05. The second kappa shape index (κ2) is 7.18. The quantitative estimate of drug-likeness (QED) is 0.752. The molecule has 0 unspecified atom stereocenters. The van der Waals surface area contributed by atoms with Gasteiger partial charge >= 0.3 is 0 Å². The number of allylic oxidation sites excluding steroid dienone is 1. The number of hydrogen-bond donors (Lipinski definition) is 0. The van der Waals surface area contributed by atoms with Gasteiger partial charge < -0.3 is 4.90 Å². The number of alkyl halides is 1. The number of halogens is 1. The molecule has 5 heteroatoms. The van der Waals surface area contributed by atoms with Gasteiger partial charge in [-0.2, -0.15) is 5.10 Å². The van der Waals surface area contributed by atoms with Crippen LogP contribution in [0.4, 0.5) is 4.39 Å². The summed E-state index contributed by atoms with van der Waals surface area (Å²) in [6, 6.07) is 0.288. The molecule has 1 aliphatic heterocycles. The van der Waals surface area contributed by atoms with Gasteiger partial charge in [0.1, 0.15) is 6.17 Å². The van der Waals surface area contributed by atoms with Crippen LogP contribution in [0.2, 0.25) is 0 Å². The summed E-state index contributed by atoms with van der Waals surface area (Å²) in [5, 5.41) is 4.19. The highest BCUT2D eigenvalue weighted by atomic mass is 19.1. The zero-order valence-electron chi connectivity index (χ0n) is 13.6. The lowest BCUT2D eigenvalue weighted by atomic mass is 10.2. The molecule has 0 aliphatic carbocycles. The Morgan fingerprint density at radius 3 is 2.90 bits per heavy atom. The monoisotopic (exact) mass is 294 g/mol. The lowest BCUT2D eigenvalue weighted by Gasteiger charge is -2.27. The molecule has 0 bridgehead atoms. The first kappa shape index (κ1) is 16.2. The van der Waals surface area contributed by atoms with E-state index in [1.54, 1.807) is 4.68 Å². The second-order valence-electron chi connectivity index (χ2n) is 6.44. The Morgan fingerprint density at radius 1 is 1.52 bits per heavy atom. The third-order valence-corrected chi connectivity index (χ3v) is 3.95. The molecule has 2 atom stereocenters. The first-order valence-electron chi connectivity index (χ1n) is 7.61. The molecule has 1 fully saturated rings. The van der Waals surface area contributed by atoms with Gasteiger partial charge in [0.25, 0.3) is 0 Å². The highest BCUT2D eigenvalue weighted by Gasteiger charge is 2.32. The molecule has 0 N–H and O–H groups in total. The van der Waals surface area contributed by atoms with E-state index in [0.717, 1.165) is 25.2 Å². The van der Waals surface area contributed by atoms with E-state index < -0.39 is 6.17 Å². The fourth-order valence-electron chi connectivity index (χ4n) is 2.87. The first-order chi connectivity index (χ1) is 9.94. The van der Waals surface area contributed by atoms with E-state index in [-0.39, 0.29) is 6.04 Å². The molecule has 1 aliphatic rings. The molecule has 2 heterocycles. The lowest BCUT2D eigenvalue weighted by molar-refractivity contribution is 0.191. The van der Waals surface area contributed by atoms with Crippen molar-refractivity contribution in [2.24, 2.45) is 7.05 Å². The van der Waals surface area contributed by atoms with Gasteiger partial charge in [-0.15, -0.1) is 0 Å². The normalized spacial score (nSPS) is 23.0. The smallest absolute Gasteiger partial charge is 0.114 e.